The van der Waals surface area contributed by atoms with Gasteiger partial charge in [-0.25, -0.2) is 0 Å². The molecule has 0 amide bonds. The first-order valence-electron chi connectivity index (χ1n) is 10.6. The second-order valence-corrected chi connectivity index (χ2v) is 10.3. The van der Waals surface area contributed by atoms with Gasteiger partial charge in [0, 0.05) is 11.3 Å². The van der Waals surface area contributed by atoms with Crippen molar-refractivity contribution < 1.29 is 19.7 Å². The molecule has 4 nitrogen and oxygen atoms in total. The molecule has 1 saturated heterocycles. The second kappa shape index (κ2) is 6.41. The van der Waals surface area contributed by atoms with Gasteiger partial charge in [-0.05, 0) is 74.3 Å². The molecule has 7 unspecified atom stereocenters. The van der Waals surface area contributed by atoms with E-state index in [2.05, 4.69) is 26.5 Å². The molecule has 2 N–H and O–H groups in total. The molecule has 4 rings (SSSR count). The second-order valence-electron chi connectivity index (χ2n) is 10.3. The van der Waals surface area contributed by atoms with E-state index >= 15 is 0 Å². The zero-order valence-corrected chi connectivity index (χ0v) is 17.3. The van der Waals surface area contributed by atoms with E-state index in [-0.39, 0.29) is 29.5 Å². The minimum absolute atomic E-state index is 0.00766. The van der Waals surface area contributed by atoms with Crippen molar-refractivity contribution in [3.05, 3.63) is 23.8 Å². The van der Waals surface area contributed by atoms with Crippen molar-refractivity contribution in [1.29, 1.82) is 0 Å². The lowest BCUT2D eigenvalue weighted by Gasteiger charge is -2.64. The van der Waals surface area contributed by atoms with Gasteiger partial charge in [-0.1, -0.05) is 26.5 Å². The predicted molar refractivity (Wildman–Crippen MR) is 105 cm³/mol. The Labute approximate surface area is 163 Å². The quantitative estimate of drug-likeness (QED) is 0.719. The lowest BCUT2D eigenvalue weighted by molar-refractivity contribution is -0.343. The Morgan fingerprint density at radius 3 is 2.63 bits per heavy atom. The van der Waals surface area contributed by atoms with Gasteiger partial charge in [0.05, 0.1) is 25.4 Å². The molecule has 4 heteroatoms. The molecule has 2 saturated carbocycles. The minimum atomic E-state index is -0.496. The van der Waals surface area contributed by atoms with Gasteiger partial charge in [-0.15, -0.1) is 0 Å². The van der Waals surface area contributed by atoms with E-state index < -0.39 is 11.9 Å². The third-order valence-corrected chi connectivity index (χ3v) is 8.43. The molecule has 0 aromatic rings. The first-order chi connectivity index (χ1) is 12.6. The molecule has 0 aromatic heterocycles. The highest BCUT2D eigenvalue weighted by molar-refractivity contribution is 5.29. The average molecular weight is 377 g/mol. The van der Waals surface area contributed by atoms with Gasteiger partial charge in [0.25, 0.3) is 0 Å². The number of fused-ring (bicyclic) bond motifs is 5. The van der Waals surface area contributed by atoms with E-state index in [0.717, 1.165) is 44.3 Å². The maximum Gasteiger partial charge on any atom is 0.163 e. The SMILES string of the molecule is C=C(CO)C1CCC2C(=CCC3C4(C)COC(C)(C)OC4CCC23C)C1O. The van der Waals surface area contributed by atoms with Gasteiger partial charge < -0.3 is 19.7 Å². The van der Waals surface area contributed by atoms with Crippen molar-refractivity contribution in [3.63, 3.8) is 0 Å². The minimum Gasteiger partial charge on any atom is -0.392 e. The fraction of sp³-hybridized carbons (Fsp3) is 0.826. The Hall–Kier alpha value is -0.680. The fourth-order valence-electron chi connectivity index (χ4n) is 6.85. The predicted octanol–water partition coefficient (Wildman–Crippen LogP) is 3.83. The monoisotopic (exact) mass is 376 g/mol. The number of allylic oxidation sites excluding steroid dienone is 1. The molecule has 4 aliphatic rings. The van der Waals surface area contributed by atoms with Crippen LogP contribution in [0.15, 0.2) is 23.8 Å². The molecule has 3 fully saturated rings. The molecule has 3 aliphatic carbocycles. The Morgan fingerprint density at radius 1 is 1.19 bits per heavy atom. The summed E-state index contributed by atoms with van der Waals surface area (Å²) in [5.74, 6) is 0.402. The van der Waals surface area contributed by atoms with E-state index in [4.69, 9.17) is 9.47 Å². The number of hydrogen-bond donors (Lipinski definition) is 2. The molecular weight excluding hydrogens is 340 g/mol. The summed E-state index contributed by atoms with van der Waals surface area (Å²) < 4.78 is 12.5. The number of aliphatic hydroxyl groups excluding tert-OH is 2. The largest absolute Gasteiger partial charge is 0.392 e. The summed E-state index contributed by atoms with van der Waals surface area (Å²) in [6.45, 7) is 13.5. The van der Waals surface area contributed by atoms with Crippen molar-refractivity contribution in [1.82, 2.24) is 0 Å². The summed E-state index contributed by atoms with van der Waals surface area (Å²) >= 11 is 0. The van der Waals surface area contributed by atoms with Crippen LogP contribution >= 0.6 is 0 Å². The van der Waals surface area contributed by atoms with Crippen LogP contribution in [0.4, 0.5) is 0 Å². The van der Waals surface area contributed by atoms with Crippen LogP contribution in [-0.2, 0) is 9.47 Å². The maximum atomic E-state index is 11.0. The van der Waals surface area contributed by atoms with Gasteiger partial charge >= 0.3 is 0 Å². The Morgan fingerprint density at radius 2 is 1.93 bits per heavy atom. The van der Waals surface area contributed by atoms with Crippen LogP contribution in [-0.4, -0.2) is 41.4 Å². The van der Waals surface area contributed by atoms with Crippen LogP contribution in [0, 0.1) is 28.6 Å². The summed E-state index contributed by atoms with van der Waals surface area (Å²) in [6.07, 6.45) is 7.17. The summed E-state index contributed by atoms with van der Waals surface area (Å²) in [7, 11) is 0. The first-order valence-corrected chi connectivity index (χ1v) is 10.6. The fourth-order valence-corrected chi connectivity index (χ4v) is 6.85. The molecule has 7 atom stereocenters. The van der Waals surface area contributed by atoms with Gasteiger partial charge in [0.15, 0.2) is 5.79 Å². The van der Waals surface area contributed by atoms with E-state index in [0.29, 0.717) is 11.8 Å². The summed E-state index contributed by atoms with van der Waals surface area (Å²) in [5, 5.41) is 20.5. The highest BCUT2D eigenvalue weighted by Gasteiger charge is 2.61. The van der Waals surface area contributed by atoms with Crippen molar-refractivity contribution in [2.24, 2.45) is 28.6 Å². The van der Waals surface area contributed by atoms with Gasteiger partial charge in [-0.3, -0.25) is 0 Å². The third-order valence-electron chi connectivity index (χ3n) is 8.43. The molecule has 1 heterocycles. The lowest BCUT2D eigenvalue weighted by Crippen LogP contribution is -2.63. The van der Waals surface area contributed by atoms with E-state index in [1.54, 1.807) is 0 Å². The number of hydrogen-bond acceptors (Lipinski definition) is 4. The highest BCUT2D eigenvalue weighted by atomic mass is 16.7. The average Bonchev–Trinajstić information content (AvgIpc) is 2.62. The lowest BCUT2D eigenvalue weighted by atomic mass is 9.45. The summed E-state index contributed by atoms with van der Waals surface area (Å²) in [6, 6.07) is 0. The standard InChI is InChI=1S/C23H36O4/c1-14(12-24)15-6-8-17-16(20(15)25)7-9-18-22(17,4)11-10-19-23(18,5)13-26-21(2,3)27-19/h7,15,17-20,24-25H,1,6,8-13H2,2-5H3. The Balaban J connectivity index is 1.65. The molecule has 1 aliphatic heterocycles. The molecule has 0 spiro atoms. The number of aliphatic hydroxyl groups is 2. The topological polar surface area (TPSA) is 58.9 Å². The maximum absolute atomic E-state index is 11.0. The molecule has 0 radical (unpaired) electrons. The van der Waals surface area contributed by atoms with E-state index in [1.165, 1.54) is 5.57 Å². The van der Waals surface area contributed by atoms with Crippen LogP contribution in [0.25, 0.3) is 0 Å². The van der Waals surface area contributed by atoms with Crippen LogP contribution < -0.4 is 0 Å². The van der Waals surface area contributed by atoms with Crippen LogP contribution in [0.1, 0.15) is 59.8 Å². The van der Waals surface area contributed by atoms with Crippen molar-refractivity contribution >= 4 is 0 Å². The van der Waals surface area contributed by atoms with Crippen LogP contribution in [0.3, 0.4) is 0 Å². The van der Waals surface area contributed by atoms with Gasteiger partial charge in [0.1, 0.15) is 0 Å². The van der Waals surface area contributed by atoms with Gasteiger partial charge in [0.2, 0.25) is 0 Å². The zero-order chi connectivity index (χ0) is 19.6. The molecule has 27 heavy (non-hydrogen) atoms. The smallest absolute Gasteiger partial charge is 0.163 e. The van der Waals surface area contributed by atoms with Crippen LogP contribution in [0.2, 0.25) is 0 Å². The van der Waals surface area contributed by atoms with Crippen molar-refractivity contribution in [2.45, 2.75) is 77.8 Å². The molecule has 0 aromatic carbocycles. The normalized spacial score (nSPS) is 48.7. The molecular formula is C23H36O4. The molecule has 0 bridgehead atoms. The van der Waals surface area contributed by atoms with Crippen LogP contribution in [0.5, 0.6) is 0 Å². The number of rotatable bonds is 2. The summed E-state index contributed by atoms with van der Waals surface area (Å²) in [4.78, 5) is 0. The Kier molecular flexibility index (Phi) is 4.66. The van der Waals surface area contributed by atoms with E-state index in [9.17, 15) is 10.2 Å². The number of ether oxygens (including phenoxy) is 2. The van der Waals surface area contributed by atoms with Crippen molar-refractivity contribution in [3.8, 4) is 0 Å². The van der Waals surface area contributed by atoms with Crippen molar-refractivity contribution in [2.75, 3.05) is 13.2 Å². The van der Waals surface area contributed by atoms with Gasteiger partial charge in [-0.2, -0.15) is 0 Å². The zero-order valence-electron chi connectivity index (χ0n) is 17.3. The summed E-state index contributed by atoms with van der Waals surface area (Å²) in [5.41, 5.74) is 2.14. The highest BCUT2D eigenvalue weighted by Crippen LogP contribution is 2.64. The Bertz CT molecular complexity index is 653. The first kappa shape index (κ1) is 19.6. The third kappa shape index (κ3) is 2.87. The van der Waals surface area contributed by atoms with E-state index in [1.807, 2.05) is 13.8 Å². The molecule has 152 valence electrons.